The van der Waals surface area contributed by atoms with Crippen LogP contribution < -0.4 is 10.6 Å². The highest BCUT2D eigenvalue weighted by atomic mass is 15.2. The molecular formula is C11H15N3. The van der Waals surface area contributed by atoms with E-state index in [9.17, 15) is 0 Å². The molecule has 1 aliphatic rings. The largest absolute Gasteiger partial charge is 0.382 e. The van der Waals surface area contributed by atoms with Gasteiger partial charge in [0.2, 0.25) is 0 Å². The molecule has 2 heterocycles. The predicted octanol–water partition coefficient (Wildman–Crippen LogP) is 1.82. The molecule has 2 rings (SSSR count). The van der Waals surface area contributed by atoms with E-state index in [4.69, 9.17) is 5.73 Å². The van der Waals surface area contributed by atoms with Crippen molar-refractivity contribution in [1.82, 2.24) is 4.98 Å². The zero-order chi connectivity index (χ0) is 9.97. The highest BCUT2D eigenvalue weighted by molar-refractivity contribution is 5.63. The van der Waals surface area contributed by atoms with Crippen molar-refractivity contribution in [3.63, 3.8) is 0 Å². The summed E-state index contributed by atoms with van der Waals surface area (Å²) in [6.45, 7) is 6.01. The summed E-state index contributed by atoms with van der Waals surface area (Å²) in [6, 6.07) is 3.95. The number of piperidine rings is 1. The molecule has 74 valence electrons. The second kappa shape index (κ2) is 3.70. The molecular weight excluding hydrogens is 174 g/mol. The second-order valence-corrected chi connectivity index (χ2v) is 3.64. The van der Waals surface area contributed by atoms with Crippen molar-refractivity contribution in [3.05, 3.63) is 30.5 Å². The van der Waals surface area contributed by atoms with Crippen LogP contribution >= 0.6 is 0 Å². The average Bonchev–Trinajstić information content (AvgIpc) is 2.20. The molecule has 1 aromatic heterocycles. The number of nitrogens with two attached hydrogens (primary N) is 1. The molecule has 1 saturated heterocycles. The van der Waals surface area contributed by atoms with Crippen LogP contribution in [0.25, 0.3) is 0 Å². The summed E-state index contributed by atoms with van der Waals surface area (Å²) in [4.78, 5) is 6.36. The average molecular weight is 189 g/mol. The molecule has 0 amide bonds. The first-order chi connectivity index (χ1) is 6.77. The normalized spacial score (nSPS) is 17.1. The first-order valence-corrected chi connectivity index (χ1v) is 4.89. The maximum Gasteiger partial charge on any atom is 0.146 e. The van der Waals surface area contributed by atoms with Crippen molar-refractivity contribution in [3.8, 4) is 0 Å². The lowest BCUT2D eigenvalue weighted by Gasteiger charge is -2.30. The molecule has 3 heteroatoms. The Bertz CT molecular complexity index is 336. The minimum atomic E-state index is 0.625. The van der Waals surface area contributed by atoms with Gasteiger partial charge in [0.15, 0.2) is 0 Å². The highest BCUT2D eigenvalue weighted by Gasteiger charge is 2.14. The van der Waals surface area contributed by atoms with Crippen LogP contribution in [0.3, 0.4) is 0 Å². The zero-order valence-corrected chi connectivity index (χ0v) is 8.24. The summed E-state index contributed by atoms with van der Waals surface area (Å²) in [5.41, 5.74) is 8.20. The third kappa shape index (κ3) is 1.71. The van der Waals surface area contributed by atoms with Gasteiger partial charge in [-0.1, -0.05) is 12.2 Å². The van der Waals surface area contributed by atoms with Crippen LogP contribution in [0.1, 0.15) is 12.8 Å². The summed E-state index contributed by atoms with van der Waals surface area (Å²) < 4.78 is 0. The van der Waals surface area contributed by atoms with Gasteiger partial charge in [-0.25, -0.2) is 4.98 Å². The Labute approximate surface area is 84.2 Å². The van der Waals surface area contributed by atoms with E-state index >= 15 is 0 Å². The molecule has 3 nitrogen and oxygen atoms in total. The molecule has 1 aliphatic heterocycles. The Hall–Kier alpha value is -1.51. The standard InChI is InChI=1S/C11H15N3/c1-9-4-7-14(8-5-9)10-3-2-6-13-11(10)12/h2-3,6H,1,4-5,7-8H2,(H2,12,13). The van der Waals surface area contributed by atoms with Gasteiger partial charge in [0.05, 0.1) is 5.69 Å². The molecule has 1 fully saturated rings. The monoisotopic (exact) mass is 189 g/mol. The molecule has 0 unspecified atom stereocenters. The molecule has 0 radical (unpaired) electrons. The number of nitrogen functional groups attached to an aromatic ring is 1. The fraction of sp³-hybridized carbons (Fsp3) is 0.364. The van der Waals surface area contributed by atoms with Gasteiger partial charge in [-0.05, 0) is 25.0 Å². The van der Waals surface area contributed by atoms with Crippen LogP contribution in [0.5, 0.6) is 0 Å². The van der Waals surface area contributed by atoms with Gasteiger partial charge in [0.1, 0.15) is 5.82 Å². The Morgan fingerprint density at radius 3 is 2.71 bits per heavy atom. The SMILES string of the molecule is C=C1CCN(c2cccnc2N)CC1. The van der Waals surface area contributed by atoms with Crippen molar-refractivity contribution >= 4 is 11.5 Å². The third-order valence-corrected chi connectivity index (χ3v) is 2.63. The molecule has 2 N–H and O–H groups in total. The summed E-state index contributed by atoms with van der Waals surface area (Å²) >= 11 is 0. The third-order valence-electron chi connectivity index (χ3n) is 2.63. The lowest BCUT2D eigenvalue weighted by Crippen LogP contribution is -2.31. The van der Waals surface area contributed by atoms with Crippen molar-refractivity contribution in [2.24, 2.45) is 0 Å². The van der Waals surface area contributed by atoms with E-state index in [1.807, 2.05) is 12.1 Å². The Balaban J connectivity index is 2.16. The molecule has 0 aliphatic carbocycles. The highest BCUT2D eigenvalue weighted by Crippen LogP contribution is 2.25. The molecule has 14 heavy (non-hydrogen) atoms. The van der Waals surface area contributed by atoms with E-state index in [1.54, 1.807) is 6.20 Å². The number of rotatable bonds is 1. The Kier molecular flexibility index (Phi) is 2.39. The predicted molar refractivity (Wildman–Crippen MR) is 59.2 cm³/mol. The minimum Gasteiger partial charge on any atom is -0.382 e. The van der Waals surface area contributed by atoms with Crippen LogP contribution in [-0.4, -0.2) is 18.1 Å². The number of hydrogen-bond donors (Lipinski definition) is 1. The van der Waals surface area contributed by atoms with Gasteiger partial charge in [0, 0.05) is 19.3 Å². The quantitative estimate of drug-likeness (QED) is 0.685. The first-order valence-electron chi connectivity index (χ1n) is 4.89. The topological polar surface area (TPSA) is 42.2 Å². The summed E-state index contributed by atoms with van der Waals surface area (Å²) in [7, 11) is 0. The number of nitrogens with zero attached hydrogens (tertiary/aromatic N) is 2. The van der Waals surface area contributed by atoms with Crippen LogP contribution in [0.4, 0.5) is 11.5 Å². The molecule has 0 atom stereocenters. The van der Waals surface area contributed by atoms with Crippen LogP contribution in [0.2, 0.25) is 0 Å². The van der Waals surface area contributed by atoms with E-state index in [0.29, 0.717) is 5.82 Å². The van der Waals surface area contributed by atoms with Gasteiger partial charge in [0.25, 0.3) is 0 Å². The summed E-state index contributed by atoms with van der Waals surface area (Å²) in [6.07, 6.45) is 3.85. The molecule has 0 saturated carbocycles. The van der Waals surface area contributed by atoms with Gasteiger partial charge in [-0.2, -0.15) is 0 Å². The Morgan fingerprint density at radius 2 is 2.07 bits per heavy atom. The van der Waals surface area contributed by atoms with E-state index in [1.165, 1.54) is 5.57 Å². The summed E-state index contributed by atoms with van der Waals surface area (Å²) in [5, 5.41) is 0. The number of anilines is 2. The van der Waals surface area contributed by atoms with Crippen LogP contribution in [0.15, 0.2) is 30.5 Å². The molecule has 1 aromatic rings. The molecule has 0 aromatic carbocycles. The van der Waals surface area contributed by atoms with E-state index < -0.39 is 0 Å². The summed E-state index contributed by atoms with van der Waals surface area (Å²) in [5.74, 6) is 0.625. The van der Waals surface area contributed by atoms with E-state index in [2.05, 4.69) is 16.5 Å². The maximum absolute atomic E-state index is 5.81. The molecule has 0 bridgehead atoms. The van der Waals surface area contributed by atoms with Crippen molar-refractivity contribution in [1.29, 1.82) is 0 Å². The van der Waals surface area contributed by atoms with E-state index in [-0.39, 0.29) is 0 Å². The van der Waals surface area contributed by atoms with Gasteiger partial charge in [-0.15, -0.1) is 0 Å². The van der Waals surface area contributed by atoms with E-state index in [0.717, 1.165) is 31.6 Å². The zero-order valence-electron chi connectivity index (χ0n) is 8.24. The number of aromatic nitrogens is 1. The molecule has 0 spiro atoms. The second-order valence-electron chi connectivity index (χ2n) is 3.64. The lowest BCUT2D eigenvalue weighted by atomic mass is 10.1. The number of hydrogen-bond acceptors (Lipinski definition) is 3. The first kappa shape index (κ1) is 9.06. The van der Waals surface area contributed by atoms with Crippen molar-refractivity contribution < 1.29 is 0 Å². The maximum atomic E-state index is 5.81. The minimum absolute atomic E-state index is 0.625. The van der Waals surface area contributed by atoms with Gasteiger partial charge >= 0.3 is 0 Å². The number of pyridine rings is 1. The van der Waals surface area contributed by atoms with Gasteiger partial charge < -0.3 is 10.6 Å². The van der Waals surface area contributed by atoms with Gasteiger partial charge in [-0.3, -0.25) is 0 Å². The lowest BCUT2D eigenvalue weighted by molar-refractivity contribution is 0.687. The smallest absolute Gasteiger partial charge is 0.146 e. The van der Waals surface area contributed by atoms with Crippen molar-refractivity contribution in [2.45, 2.75) is 12.8 Å². The Morgan fingerprint density at radius 1 is 1.36 bits per heavy atom. The van der Waals surface area contributed by atoms with Crippen molar-refractivity contribution in [2.75, 3.05) is 23.7 Å². The van der Waals surface area contributed by atoms with Crippen LogP contribution in [-0.2, 0) is 0 Å². The van der Waals surface area contributed by atoms with Crippen LogP contribution in [0, 0.1) is 0 Å². The fourth-order valence-electron chi connectivity index (χ4n) is 1.74. The fourth-order valence-corrected chi connectivity index (χ4v) is 1.74.